The molecule has 0 spiro atoms. The van der Waals surface area contributed by atoms with Gasteiger partial charge in [-0.05, 0) is 23.8 Å². The molecular weight excluding hydrogens is 267 g/mol. The molecule has 0 bridgehead atoms. The Morgan fingerprint density at radius 3 is 2.40 bits per heavy atom. The zero-order valence-electron chi connectivity index (χ0n) is 11.1. The number of pyridine rings is 1. The van der Waals surface area contributed by atoms with Gasteiger partial charge in [-0.1, -0.05) is 12.1 Å². The SMILES string of the molecule is CN(C)c1ncc(C(F)(F)F)cc1-c1cccc(N)c1. The molecule has 2 rings (SSSR count). The summed E-state index contributed by atoms with van der Waals surface area (Å²) in [4.78, 5) is 5.58. The lowest BCUT2D eigenvalue weighted by Gasteiger charge is -2.18. The quantitative estimate of drug-likeness (QED) is 0.858. The van der Waals surface area contributed by atoms with Crippen LogP contribution in [0.1, 0.15) is 5.56 Å². The van der Waals surface area contributed by atoms with Crippen molar-refractivity contribution in [2.24, 2.45) is 0 Å². The van der Waals surface area contributed by atoms with Gasteiger partial charge in [0.25, 0.3) is 0 Å². The zero-order valence-corrected chi connectivity index (χ0v) is 11.1. The first-order chi connectivity index (χ1) is 9.29. The van der Waals surface area contributed by atoms with Crippen LogP contribution in [0.5, 0.6) is 0 Å². The molecule has 0 aliphatic heterocycles. The smallest absolute Gasteiger partial charge is 0.399 e. The molecule has 0 aliphatic carbocycles. The highest BCUT2D eigenvalue weighted by Gasteiger charge is 2.32. The van der Waals surface area contributed by atoms with Crippen molar-refractivity contribution in [1.29, 1.82) is 0 Å². The minimum atomic E-state index is -4.42. The summed E-state index contributed by atoms with van der Waals surface area (Å²) < 4.78 is 38.5. The predicted octanol–water partition coefficient (Wildman–Crippen LogP) is 3.42. The van der Waals surface area contributed by atoms with Crippen LogP contribution in [0, 0.1) is 0 Å². The number of nitrogens with two attached hydrogens (primary N) is 1. The van der Waals surface area contributed by atoms with Crippen molar-refractivity contribution in [1.82, 2.24) is 4.98 Å². The third-order valence-electron chi connectivity index (χ3n) is 2.82. The number of nitrogen functional groups attached to an aromatic ring is 1. The van der Waals surface area contributed by atoms with Crippen molar-refractivity contribution in [2.45, 2.75) is 6.18 Å². The second-order valence-electron chi connectivity index (χ2n) is 4.61. The van der Waals surface area contributed by atoms with E-state index >= 15 is 0 Å². The van der Waals surface area contributed by atoms with Gasteiger partial charge in [0.2, 0.25) is 0 Å². The molecule has 1 heterocycles. The van der Waals surface area contributed by atoms with E-state index in [1.54, 1.807) is 43.3 Å². The molecule has 1 aromatic carbocycles. The summed E-state index contributed by atoms with van der Waals surface area (Å²) in [6.07, 6.45) is -3.59. The van der Waals surface area contributed by atoms with Crippen LogP contribution >= 0.6 is 0 Å². The van der Waals surface area contributed by atoms with Gasteiger partial charge in [0.05, 0.1) is 5.56 Å². The van der Waals surface area contributed by atoms with Gasteiger partial charge >= 0.3 is 6.18 Å². The topological polar surface area (TPSA) is 42.2 Å². The van der Waals surface area contributed by atoms with Gasteiger partial charge < -0.3 is 10.6 Å². The maximum Gasteiger partial charge on any atom is 0.417 e. The van der Waals surface area contributed by atoms with E-state index in [1.807, 2.05) is 0 Å². The zero-order chi connectivity index (χ0) is 14.9. The van der Waals surface area contributed by atoms with Crippen LogP contribution in [0.4, 0.5) is 24.7 Å². The second kappa shape index (κ2) is 5.03. The maximum atomic E-state index is 12.8. The van der Waals surface area contributed by atoms with Gasteiger partial charge in [-0.15, -0.1) is 0 Å². The first kappa shape index (κ1) is 14.2. The number of alkyl halides is 3. The Morgan fingerprint density at radius 2 is 1.85 bits per heavy atom. The van der Waals surface area contributed by atoms with E-state index < -0.39 is 11.7 Å². The minimum Gasteiger partial charge on any atom is -0.399 e. The summed E-state index contributed by atoms with van der Waals surface area (Å²) in [5.41, 5.74) is 6.41. The highest BCUT2D eigenvalue weighted by atomic mass is 19.4. The van der Waals surface area contributed by atoms with Crippen molar-refractivity contribution >= 4 is 11.5 Å². The van der Waals surface area contributed by atoms with Gasteiger partial charge in [0, 0.05) is 31.5 Å². The van der Waals surface area contributed by atoms with E-state index in [9.17, 15) is 13.2 Å². The lowest BCUT2D eigenvalue weighted by Crippen LogP contribution is -2.14. The third kappa shape index (κ3) is 2.84. The maximum absolute atomic E-state index is 12.8. The predicted molar refractivity (Wildman–Crippen MR) is 73.4 cm³/mol. The first-order valence-electron chi connectivity index (χ1n) is 5.89. The number of nitrogens with zero attached hydrogens (tertiary/aromatic N) is 2. The van der Waals surface area contributed by atoms with Crippen LogP contribution in [-0.2, 0) is 6.18 Å². The van der Waals surface area contributed by atoms with Crippen LogP contribution in [0.2, 0.25) is 0 Å². The van der Waals surface area contributed by atoms with Crippen LogP contribution in [0.3, 0.4) is 0 Å². The third-order valence-corrected chi connectivity index (χ3v) is 2.82. The number of halogens is 3. The number of hydrogen-bond acceptors (Lipinski definition) is 3. The Hall–Kier alpha value is -2.24. The number of rotatable bonds is 2. The molecule has 0 atom stereocenters. The molecule has 20 heavy (non-hydrogen) atoms. The highest BCUT2D eigenvalue weighted by molar-refractivity contribution is 5.78. The lowest BCUT2D eigenvalue weighted by molar-refractivity contribution is -0.137. The number of anilines is 2. The molecular formula is C14H14F3N3. The summed E-state index contributed by atoms with van der Waals surface area (Å²) >= 11 is 0. The largest absolute Gasteiger partial charge is 0.417 e. The Morgan fingerprint density at radius 1 is 1.15 bits per heavy atom. The van der Waals surface area contributed by atoms with Crippen LogP contribution in [0.15, 0.2) is 36.5 Å². The number of benzene rings is 1. The molecule has 0 aliphatic rings. The second-order valence-corrected chi connectivity index (χ2v) is 4.61. The molecule has 2 aromatic rings. The van der Waals surface area contributed by atoms with Gasteiger partial charge in [-0.25, -0.2) is 4.98 Å². The summed E-state index contributed by atoms with van der Waals surface area (Å²) in [5.74, 6) is 0.462. The van der Waals surface area contributed by atoms with Crippen molar-refractivity contribution in [3.05, 3.63) is 42.1 Å². The summed E-state index contributed by atoms with van der Waals surface area (Å²) in [6, 6.07) is 7.81. The normalized spacial score (nSPS) is 11.4. The van der Waals surface area contributed by atoms with Crippen molar-refractivity contribution in [2.75, 3.05) is 24.7 Å². The minimum absolute atomic E-state index is 0.400. The fraction of sp³-hybridized carbons (Fsp3) is 0.214. The van der Waals surface area contributed by atoms with E-state index in [-0.39, 0.29) is 0 Å². The van der Waals surface area contributed by atoms with E-state index in [2.05, 4.69) is 4.98 Å². The molecule has 0 amide bonds. The van der Waals surface area contributed by atoms with Gasteiger partial charge in [0.15, 0.2) is 0 Å². The highest BCUT2D eigenvalue weighted by Crippen LogP contribution is 2.35. The van der Waals surface area contributed by atoms with Crippen molar-refractivity contribution in [3.63, 3.8) is 0 Å². The Kier molecular flexibility index (Phi) is 3.57. The average molecular weight is 281 g/mol. The monoisotopic (exact) mass is 281 g/mol. The van der Waals surface area contributed by atoms with Crippen molar-refractivity contribution < 1.29 is 13.2 Å². The number of aromatic nitrogens is 1. The molecule has 0 saturated carbocycles. The van der Waals surface area contributed by atoms with Gasteiger partial charge in [0.1, 0.15) is 5.82 Å². The summed E-state index contributed by atoms with van der Waals surface area (Å²) in [5, 5.41) is 0. The molecule has 2 N–H and O–H groups in total. The molecule has 0 unspecified atom stereocenters. The lowest BCUT2D eigenvalue weighted by atomic mass is 10.0. The standard InChI is InChI=1S/C14H14F3N3/c1-20(2)13-12(9-4-3-5-11(18)6-9)7-10(8-19-13)14(15,16)17/h3-8H,18H2,1-2H3. The average Bonchev–Trinajstić information content (AvgIpc) is 2.37. The molecule has 0 radical (unpaired) electrons. The molecule has 6 heteroatoms. The fourth-order valence-corrected chi connectivity index (χ4v) is 1.89. The van der Waals surface area contributed by atoms with Crippen LogP contribution in [0.25, 0.3) is 11.1 Å². The molecule has 1 aromatic heterocycles. The van der Waals surface area contributed by atoms with E-state index in [4.69, 9.17) is 5.73 Å². The van der Waals surface area contributed by atoms with Gasteiger partial charge in [-0.3, -0.25) is 0 Å². The Labute approximate surface area is 114 Å². The first-order valence-corrected chi connectivity index (χ1v) is 5.89. The molecule has 106 valence electrons. The van der Waals surface area contributed by atoms with Crippen molar-refractivity contribution in [3.8, 4) is 11.1 Å². The summed E-state index contributed by atoms with van der Waals surface area (Å²) in [7, 11) is 3.46. The van der Waals surface area contributed by atoms with E-state index in [1.165, 1.54) is 0 Å². The van der Waals surface area contributed by atoms with Crippen LogP contribution < -0.4 is 10.6 Å². The Balaban J connectivity index is 2.64. The fourth-order valence-electron chi connectivity index (χ4n) is 1.89. The number of hydrogen-bond donors (Lipinski definition) is 1. The molecule has 0 saturated heterocycles. The molecule has 3 nitrogen and oxygen atoms in total. The molecule has 0 fully saturated rings. The summed E-state index contributed by atoms with van der Waals surface area (Å²) in [6.45, 7) is 0. The van der Waals surface area contributed by atoms with E-state index in [0.717, 1.165) is 12.3 Å². The van der Waals surface area contributed by atoms with Crippen LogP contribution in [-0.4, -0.2) is 19.1 Å². The van der Waals surface area contributed by atoms with E-state index in [0.29, 0.717) is 22.6 Å². The Bertz CT molecular complexity index is 621. The van der Waals surface area contributed by atoms with Gasteiger partial charge in [-0.2, -0.15) is 13.2 Å².